The van der Waals surface area contributed by atoms with E-state index in [4.69, 9.17) is 4.74 Å². The Morgan fingerprint density at radius 3 is 1.14 bits per heavy atom. The predicted molar refractivity (Wildman–Crippen MR) is 301 cm³/mol. The molecular formula is C63H119NO5. The lowest BCUT2D eigenvalue weighted by Gasteiger charge is -2.22. The largest absolute Gasteiger partial charge is 0.466 e. The van der Waals surface area contributed by atoms with Crippen molar-refractivity contribution in [3.8, 4) is 0 Å². The maximum absolute atomic E-state index is 12.5. The minimum atomic E-state index is -0.676. The van der Waals surface area contributed by atoms with E-state index in [9.17, 15) is 19.8 Å². The average molecular weight is 971 g/mol. The van der Waals surface area contributed by atoms with Crippen molar-refractivity contribution >= 4 is 11.9 Å². The summed E-state index contributed by atoms with van der Waals surface area (Å²) in [6, 6.07) is -0.555. The van der Waals surface area contributed by atoms with Crippen molar-refractivity contribution in [2.75, 3.05) is 13.2 Å². The lowest BCUT2D eigenvalue weighted by Crippen LogP contribution is -2.45. The third-order valence-corrected chi connectivity index (χ3v) is 14.2. The molecule has 0 aliphatic rings. The molecule has 2 unspecified atom stereocenters. The zero-order valence-corrected chi connectivity index (χ0v) is 46.3. The summed E-state index contributed by atoms with van der Waals surface area (Å²) in [6.07, 6.45) is 72.8. The monoisotopic (exact) mass is 970 g/mol. The van der Waals surface area contributed by atoms with Crippen LogP contribution in [0.25, 0.3) is 0 Å². The molecule has 6 heteroatoms. The summed E-state index contributed by atoms with van der Waals surface area (Å²) >= 11 is 0. The van der Waals surface area contributed by atoms with Gasteiger partial charge in [0.25, 0.3) is 0 Å². The molecule has 406 valence electrons. The normalized spacial score (nSPS) is 12.8. The third kappa shape index (κ3) is 55.2. The molecule has 0 aromatic carbocycles. The molecule has 0 bridgehead atoms. The molecule has 0 saturated heterocycles. The molecule has 69 heavy (non-hydrogen) atoms. The standard InChI is InChI=1S/C63H119NO5/c1-3-5-7-9-11-13-15-17-19-21-22-23-25-27-31-35-39-43-47-51-55-61(66)60(59-65)64-62(67)56-52-48-44-40-36-32-28-26-30-34-38-42-46-50-54-58-69-63(68)57-53-49-45-41-37-33-29-24-20-18-16-14-12-10-8-6-4-2/h12,14,18,20,30,34,60-61,65-66H,3-11,13,15-17,19,21-29,31-33,35-59H2,1-2H3,(H,64,67)/b14-12-,20-18-,34-30-. The second-order valence-electron chi connectivity index (χ2n) is 21.0. The van der Waals surface area contributed by atoms with Gasteiger partial charge in [0.1, 0.15) is 0 Å². The molecule has 0 aliphatic carbocycles. The minimum absolute atomic E-state index is 0.0174. The van der Waals surface area contributed by atoms with Crippen LogP contribution in [0.2, 0.25) is 0 Å². The Morgan fingerprint density at radius 2 is 0.725 bits per heavy atom. The molecule has 0 aromatic heterocycles. The molecule has 0 fully saturated rings. The van der Waals surface area contributed by atoms with Crippen molar-refractivity contribution in [3.05, 3.63) is 36.5 Å². The Morgan fingerprint density at radius 1 is 0.406 bits per heavy atom. The Balaban J connectivity index is 3.47. The summed E-state index contributed by atoms with van der Waals surface area (Å²) < 4.78 is 5.47. The lowest BCUT2D eigenvalue weighted by atomic mass is 10.0. The Hall–Kier alpha value is -1.92. The third-order valence-electron chi connectivity index (χ3n) is 14.2. The minimum Gasteiger partial charge on any atom is -0.466 e. The zero-order valence-electron chi connectivity index (χ0n) is 46.3. The summed E-state index contributed by atoms with van der Waals surface area (Å²) in [5, 5.41) is 23.3. The maximum atomic E-state index is 12.5. The predicted octanol–water partition coefficient (Wildman–Crippen LogP) is 19.2. The summed E-state index contributed by atoms with van der Waals surface area (Å²) in [4.78, 5) is 24.6. The van der Waals surface area contributed by atoms with Gasteiger partial charge in [-0.15, -0.1) is 0 Å². The highest BCUT2D eigenvalue weighted by Gasteiger charge is 2.20. The van der Waals surface area contributed by atoms with Gasteiger partial charge < -0.3 is 20.3 Å². The molecular weight excluding hydrogens is 851 g/mol. The first-order valence-electron chi connectivity index (χ1n) is 30.7. The molecule has 0 spiro atoms. The van der Waals surface area contributed by atoms with Gasteiger partial charge in [0, 0.05) is 12.8 Å². The first-order chi connectivity index (χ1) is 34.0. The van der Waals surface area contributed by atoms with Crippen LogP contribution >= 0.6 is 0 Å². The smallest absolute Gasteiger partial charge is 0.305 e. The fraction of sp³-hybridized carbons (Fsp3) is 0.873. The van der Waals surface area contributed by atoms with Gasteiger partial charge in [-0.3, -0.25) is 9.59 Å². The number of amides is 1. The highest BCUT2D eigenvalue weighted by molar-refractivity contribution is 5.76. The molecule has 3 N–H and O–H groups in total. The van der Waals surface area contributed by atoms with Crippen LogP contribution in [-0.4, -0.2) is 47.4 Å². The highest BCUT2D eigenvalue weighted by Crippen LogP contribution is 2.17. The van der Waals surface area contributed by atoms with E-state index in [1.807, 2.05) is 0 Å². The molecule has 0 radical (unpaired) electrons. The number of rotatable bonds is 57. The fourth-order valence-electron chi connectivity index (χ4n) is 9.43. The number of allylic oxidation sites excluding steroid dienone is 6. The molecule has 0 aromatic rings. The van der Waals surface area contributed by atoms with Gasteiger partial charge in [-0.2, -0.15) is 0 Å². The number of carbonyl (C=O) groups excluding carboxylic acids is 2. The topological polar surface area (TPSA) is 95.9 Å². The number of nitrogens with one attached hydrogen (secondary N) is 1. The number of carbonyl (C=O) groups is 2. The van der Waals surface area contributed by atoms with Crippen LogP contribution in [0.4, 0.5) is 0 Å². The summed E-state index contributed by atoms with van der Waals surface area (Å²) in [7, 11) is 0. The van der Waals surface area contributed by atoms with Crippen LogP contribution in [0.15, 0.2) is 36.5 Å². The van der Waals surface area contributed by atoms with E-state index in [1.54, 1.807) is 0 Å². The van der Waals surface area contributed by atoms with Crippen molar-refractivity contribution in [1.82, 2.24) is 5.32 Å². The van der Waals surface area contributed by atoms with Gasteiger partial charge in [0.15, 0.2) is 0 Å². The van der Waals surface area contributed by atoms with Crippen LogP contribution in [0.5, 0.6) is 0 Å². The average Bonchev–Trinajstić information content (AvgIpc) is 3.35. The van der Waals surface area contributed by atoms with E-state index in [-0.39, 0.29) is 18.5 Å². The fourth-order valence-corrected chi connectivity index (χ4v) is 9.43. The van der Waals surface area contributed by atoms with E-state index in [0.29, 0.717) is 25.9 Å². The number of aliphatic hydroxyl groups is 2. The van der Waals surface area contributed by atoms with Crippen molar-refractivity contribution in [2.24, 2.45) is 0 Å². The first kappa shape index (κ1) is 67.1. The van der Waals surface area contributed by atoms with Gasteiger partial charge in [0.05, 0.1) is 25.4 Å². The molecule has 0 heterocycles. The van der Waals surface area contributed by atoms with Crippen LogP contribution < -0.4 is 5.32 Å². The van der Waals surface area contributed by atoms with Crippen molar-refractivity contribution < 1.29 is 24.5 Å². The molecule has 1 amide bonds. The molecule has 2 atom stereocenters. The van der Waals surface area contributed by atoms with E-state index >= 15 is 0 Å². The second kappa shape index (κ2) is 58.6. The van der Waals surface area contributed by atoms with Crippen LogP contribution in [0, 0.1) is 0 Å². The summed E-state index contributed by atoms with van der Waals surface area (Å²) in [6.45, 7) is 4.91. The van der Waals surface area contributed by atoms with Gasteiger partial charge in [-0.1, -0.05) is 269 Å². The number of unbranched alkanes of at least 4 members (excludes halogenated alkanes) is 40. The van der Waals surface area contributed by atoms with E-state index in [1.165, 1.54) is 218 Å². The number of aliphatic hydroxyl groups excluding tert-OH is 2. The second-order valence-corrected chi connectivity index (χ2v) is 21.0. The Labute approximate surface area is 430 Å². The highest BCUT2D eigenvalue weighted by atomic mass is 16.5. The lowest BCUT2D eigenvalue weighted by molar-refractivity contribution is -0.143. The quantitative estimate of drug-likeness (QED) is 0.0321. The Kier molecular flexibility index (Phi) is 57.0. The van der Waals surface area contributed by atoms with E-state index in [2.05, 4.69) is 55.6 Å². The molecule has 0 aliphatic heterocycles. The van der Waals surface area contributed by atoms with Crippen molar-refractivity contribution in [1.29, 1.82) is 0 Å². The van der Waals surface area contributed by atoms with Crippen molar-refractivity contribution in [3.63, 3.8) is 0 Å². The number of ether oxygens (including phenoxy) is 1. The van der Waals surface area contributed by atoms with Crippen LogP contribution in [0.1, 0.15) is 328 Å². The Bertz CT molecular complexity index is 1120. The van der Waals surface area contributed by atoms with Gasteiger partial charge >= 0.3 is 5.97 Å². The molecule has 0 rings (SSSR count). The van der Waals surface area contributed by atoms with Gasteiger partial charge in [-0.05, 0) is 83.5 Å². The molecule has 6 nitrogen and oxygen atoms in total. The van der Waals surface area contributed by atoms with Crippen LogP contribution in [-0.2, 0) is 14.3 Å². The van der Waals surface area contributed by atoms with E-state index in [0.717, 1.165) is 77.0 Å². The van der Waals surface area contributed by atoms with E-state index < -0.39 is 12.1 Å². The number of hydrogen-bond acceptors (Lipinski definition) is 5. The van der Waals surface area contributed by atoms with Gasteiger partial charge in [0.2, 0.25) is 5.91 Å². The van der Waals surface area contributed by atoms with Crippen LogP contribution in [0.3, 0.4) is 0 Å². The SMILES string of the molecule is CCCCC/C=C\C/C=C\CCCCCCCCCC(=O)OCCCCCC/C=C\CCCCCCCCCC(=O)NC(CO)C(O)CCCCCCCCCCCCCCCCCCCCCC. The van der Waals surface area contributed by atoms with Crippen molar-refractivity contribution in [2.45, 2.75) is 341 Å². The summed E-state index contributed by atoms with van der Waals surface area (Å²) in [5.74, 6) is -0.0656. The number of esters is 1. The molecule has 0 saturated carbocycles. The zero-order chi connectivity index (χ0) is 50.0. The van der Waals surface area contributed by atoms with Gasteiger partial charge in [-0.25, -0.2) is 0 Å². The number of hydrogen-bond donors (Lipinski definition) is 3. The maximum Gasteiger partial charge on any atom is 0.305 e. The summed E-state index contributed by atoms with van der Waals surface area (Å²) in [5.41, 5.74) is 0. The first-order valence-corrected chi connectivity index (χ1v) is 30.7.